The monoisotopic (exact) mass is 406 g/mol. The maximum atomic E-state index is 13.4. The summed E-state index contributed by atoms with van der Waals surface area (Å²) in [5, 5.41) is 11.5. The van der Waals surface area contributed by atoms with Crippen LogP contribution in [0.4, 0.5) is 4.39 Å². The van der Waals surface area contributed by atoms with Crippen LogP contribution >= 0.6 is 12.2 Å². The summed E-state index contributed by atoms with van der Waals surface area (Å²) in [4.78, 5) is 0. The summed E-state index contributed by atoms with van der Waals surface area (Å²) >= 11 is 5.36. The van der Waals surface area contributed by atoms with Crippen molar-refractivity contribution in [1.82, 2.24) is 20.4 Å². The molecule has 2 aromatic carbocycles. The van der Waals surface area contributed by atoms with Crippen LogP contribution in [0, 0.1) is 5.82 Å². The van der Waals surface area contributed by atoms with Crippen molar-refractivity contribution in [3.63, 3.8) is 0 Å². The number of furan rings is 1. The average molecular weight is 406 g/mol. The highest BCUT2D eigenvalue weighted by Gasteiger charge is 2.13. The number of para-hydroxylation sites is 1. The molecule has 4 aromatic rings. The highest BCUT2D eigenvalue weighted by Crippen LogP contribution is 2.24. The Bertz CT molecular complexity index is 1080. The first-order chi connectivity index (χ1) is 14.2. The summed E-state index contributed by atoms with van der Waals surface area (Å²) in [5.41, 5.74) is 3.51. The van der Waals surface area contributed by atoms with E-state index in [-0.39, 0.29) is 5.82 Å². The lowest BCUT2D eigenvalue weighted by Gasteiger charge is -2.09. The predicted octanol–water partition coefficient (Wildman–Crippen LogP) is 4.44. The van der Waals surface area contributed by atoms with Crippen LogP contribution in [0.1, 0.15) is 11.3 Å². The van der Waals surface area contributed by atoms with Crippen LogP contribution in [0.25, 0.3) is 16.9 Å². The Kier molecular flexibility index (Phi) is 5.67. The van der Waals surface area contributed by atoms with Crippen LogP contribution in [0.2, 0.25) is 0 Å². The highest BCUT2D eigenvalue weighted by atomic mass is 32.1. The van der Waals surface area contributed by atoms with Gasteiger partial charge in [0.15, 0.2) is 5.11 Å². The van der Waals surface area contributed by atoms with E-state index in [1.165, 1.54) is 12.1 Å². The number of hydrogen-bond donors (Lipinski definition) is 2. The Balaban J connectivity index is 1.53. The largest absolute Gasteiger partial charge is 0.467 e. The third-order valence-corrected chi connectivity index (χ3v) is 4.66. The van der Waals surface area contributed by atoms with Gasteiger partial charge in [0.25, 0.3) is 0 Å². The number of aromatic nitrogens is 2. The minimum absolute atomic E-state index is 0.278. The molecule has 0 fully saturated rings. The van der Waals surface area contributed by atoms with E-state index in [0.717, 1.165) is 28.3 Å². The number of nitrogens with one attached hydrogen (secondary N) is 2. The van der Waals surface area contributed by atoms with Gasteiger partial charge in [-0.15, -0.1) is 0 Å². The van der Waals surface area contributed by atoms with Crippen LogP contribution in [0.15, 0.2) is 83.6 Å². The van der Waals surface area contributed by atoms with Gasteiger partial charge in [0, 0.05) is 23.9 Å². The van der Waals surface area contributed by atoms with Gasteiger partial charge in [0.2, 0.25) is 0 Å². The lowest BCUT2D eigenvalue weighted by Crippen LogP contribution is -2.34. The van der Waals surface area contributed by atoms with Crippen LogP contribution in [0.3, 0.4) is 0 Å². The Morgan fingerprint density at radius 1 is 0.966 bits per heavy atom. The van der Waals surface area contributed by atoms with Crippen LogP contribution in [-0.2, 0) is 13.1 Å². The Morgan fingerprint density at radius 3 is 2.45 bits per heavy atom. The maximum absolute atomic E-state index is 13.4. The number of nitrogens with zero attached hydrogens (tertiary/aromatic N) is 2. The SMILES string of the molecule is Fc1ccc(-c2nn(-c3ccccc3)cc2CNC(=S)NCc2ccco2)cc1. The Labute approximate surface area is 173 Å². The molecule has 2 N–H and O–H groups in total. The summed E-state index contributed by atoms with van der Waals surface area (Å²) in [5.74, 6) is 0.525. The topological polar surface area (TPSA) is 55.0 Å². The van der Waals surface area contributed by atoms with Crippen LogP contribution in [0.5, 0.6) is 0 Å². The smallest absolute Gasteiger partial charge is 0.166 e. The molecule has 146 valence electrons. The summed E-state index contributed by atoms with van der Waals surface area (Å²) in [7, 11) is 0. The van der Waals surface area contributed by atoms with E-state index in [9.17, 15) is 4.39 Å². The van der Waals surface area contributed by atoms with Gasteiger partial charge in [-0.2, -0.15) is 5.10 Å². The zero-order valence-electron chi connectivity index (χ0n) is 15.5. The van der Waals surface area contributed by atoms with E-state index in [4.69, 9.17) is 21.7 Å². The molecule has 0 saturated heterocycles. The second-order valence-corrected chi connectivity index (χ2v) is 6.81. The molecule has 0 spiro atoms. The third kappa shape index (κ3) is 4.70. The van der Waals surface area contributed by atoms with Crippen LogP contribution < -0.4 is 10.6 Å². The number of benzene rings is 2. The molecule has 0 atom stereocenters. The second-order valence-electron chi connectivity index (χ2n) is 6.41. The quantitative estimate of drug-likeness (QED) is 0.464. The van der Waals surface area contributed by atoms with Gasteiger partial charge >= 0.3 is 0 Å². The predicted molar refractivity (Wildman–Crippen MR) is 114 cm³/mol. The van der Waals surface area contributed by atoms with Crippen molar-refractivity contribution in [3.8, 4) is 16.9 Å². The molecule has 0 unspecified atom stereocenters. The number of hydrogen-bond acceptors (Lipinski definition) is 3. The molecule has 0 saturated carbocycles. The molecule has 0 bridgehead atoms. The number of thiocarbonyl (C=S) groups is 1. The molecular formula is C22H19FN4OS. The molecule has 4 rings (SSSR count). The van der Waals surface area contributed by atoms with Crippen molar-refractivity contribution in [1.29, 1.82) is 0 Å². The van der Waals surface area contributed by atoms with E-state index in [0.29, 0.717) is 18.2 Å². The molecule has 0 radical (unpaired) electrons. The van der Waals surface area contributed by atoms with Crippen LogP contribution in [-0.4, -0.2) is 14.9 Å². The first kappa shape index (κ1) is 18.9. The van der Waals surface area contributed by atoms with Crippen molar-refractivity contribution in [3.05, 3.63) is 96.3 Å². The lowest BCUT2D eigenvalue weighted by molar-refractivity contribution is 0.502. The van der Waals surface area contributed by atoms with Crippen molar-refractivity contribution < 1.29 is 8.81 Å². The first-order valence-corrected chi connectivity index (χ1v) is 9.54. The summed E-state index contributed by atoms with van der Waals surface area (Å²) in [6.45, 7) is 0.983. The Hall–Kier alpha value is -3.45. The van der Waals surface area contributed by atoms with E-state index in [1.807, 2.05) is 53.3 Å². The minimum atomic E-state index is -0.278. The molecular weight excluding hydrogens is 387 g/mol. The van der Waals surface area contributed by atoms with Crippen molar-refractivity contribution >= 4 is 17.3 Å². The molecule has 0 amide bonds. The molecule has 0 aliphatic heterocycles. The van der Waals surface area contributed by atoms with Gasteiger partial charge in [0.1, 0.15) is 11.6 Å². The number of halogens is 1. The van der Waals surface area contributed by atoms with E-state index >= 15 is 0 Å². The van der Waals surface area contributed by atoms with Gasteiger partial charge in [-0.05, 0) is 60.7 Å². The normalized spacial score (nSPS) is 10.7. The third-order valence-electron chi connectivity index (χ3n) is 4.37. The summed E-state index contributed by atoms with van der Waals surface area (Å²) in [6, 6.07) is 19.9. The minimum Gasteiger partial charge on any atom is -0.467 e. The number of rotatable bonds is 6. The fraction of sp³-hybridized carbons (Fsp3) is 0.0909. The van der Waals surface area contributed by atoms with Gasteiger partial charge in [-0.3, -0.25) is 0 Å². The molecule has 0 aliphatic rings. The van der Waals surface area contributed by atoms with Crippen molar-refractivity contribution in [2.75, 3.05) is 0 Å². The maximum Gasteiger partial charge on any atom is 0.166 e. The zero-order valence-corrected chi connectivity index (χ0v) is 16.3. The molecule has 5 nitrogen and oxygen atoms in total. The summed E-state index contributed by atoms with van der Waals surface area (Å²) in [6.07, 6.45) is 3.58. The zero-order chi connectivity index (χ0) is 20.1. The van der Waals surface area contributed by atoms with E-state index < -0.39 is 0 Å². The first-order valence-electron chi connectivity index (χ1n) is 9.13. The standard InChI is InChI=1S/C22H19FN4OS/c23-18-10-8-16(9-11-18)21-17(15-27(26-21)19-5-2-1-3-6-19)13-24-22(29)25-14-20-7-4-12-28-20/h1-12,15H,13-14H2,(H2,24,25,29). The van der Waals surface area contributed by atoms with E-state index in [1.54, 1.807) is 18.4 Å². The average Bonchev–Trinajstić information content (AvgIpc) is 3.42. The Morgan fingerprint density at radius 2 is 1.72 bits per heavy atom. The molecule has 2 heterocycles. The van der Waals surface area contributed by atoms with Gasteiger partial charge in [0.05, 0.1) is 24.2 Å². The van der Waals surface area contributed by atoms with Gasteiger partial charge in [-0.25, -0.2) is 9.07 Å². The van der Waals surface area contributed by atoms with E-state index in [2.05, 4.69) is 10.6 Å². The van der Waals surface area contributed by atoms with Crippen molar-refractivity contribution in [2.24, 2.45) is 0 Å². The highest BCUT2D eigenvalue weighted by molar-refractivity contribution is 7.80. The lowest BCUT2D eigenvalue weighted by atomic mass is 10.1. The fourth-order valence-electron chi connectivity index (χ4n) is 2.92. The molecule has 7 heteroatoms. The molecule has 29 heavy (non-hydrogen) atoms. The second kappa shape index (κ2) is 8.70. The van der Waals surface area contributed by atoms with Gasteiger partial charge in [-0.1, -0.05) is 18.2 Å². The van der Waals surface area contributed by atoms with Crippen molar-refractivity contribution in [2.45, 2.75) is 13.1 Å². The fourth-order valence-corrected chi connectivity index (χ4v) is 3.07. The molecule has 0 aliphatic carbocycles. The molecule has 2 aromatic heterocycles. The summed E-state index contributed by atoms with van der Waals surface area (Å²) < 4.78 is 20.5. The van der Waals surface area contributed by atoms with Gasteiger partial charge < -0.3 is 15.1 Å².